The molecule has 6 unspecified atom stereocenters. The van der Waals surface area contributed by atoms with Crippen LogP contribution in [0.15, 0.2) is 82.8 Å². The Labute approximate surface area is 252 Å². The Bertz CT molecular complexity index is 1750. The second kappa shape index (κ2) is 10.0. The van der Waals surface area contributed by atoms with Gasteiger partial charge in [0.15, 0.2) is 0 Å². The zero-order valence-corrected chi connectivity index (χ0v) is 23.8. The first-order valence-corrected chi connectivity index (χ1v) is 14.5. The SMILES string of the molecule is Cc1ccc(NN2C(=O)C3CC4C(=CCC5C(=O)N(C(N)=O)C(=O)C54)C(c4ccc(CO)o4)C3(c3ccccc3)C2=O)cc1. The van der Waals surface area contributed by atoms with Crippen LogP contribution in [0.2, 0.25) is 0 Å². The normalized spacial score (nSPS) is 29.3. The molecule has 11 nitrogen and oxygen atoms in total. The van der Waals surface area contributed by atoms with Crippen LogP contribution < -0.4 is 11.2 Å². The number of anilines is 1. The second-order valence-corrected chi connectivity index (χ2v) is 11.9. The van der Waals surface area contributed by atoms with E-state index in [1.54, 1.807) is 36.4 Å². The number of allylic oxidation sites excluding steroid dienone is 2. The molecule has 0 bridgehead atoms. The van der Waals surface area contributed by atoms with E-state index >= 15 is 0 Å². The molecule has 2 saturated heterocycles. The summed E-state index contributed by atoms with van der Waals surface area (Å²) in [5.74, 6) is -5.92. The molecule has 3 heterocycles. The number of nitrogens with two attached hydrogens (primary N) is 1. The van der Waals surface area contributed by atoms with Crippen molar-refractivity contribution < 1.29 is 33.5 Å². The maximum atomic E-state index is 14.9. The standard InChI is InChI=1S/C33H30N4O7/c1-17-7-9-19(10-8-17)35-37-29(40)24-15-23-21(12-13-22-26(23)30(41)36(28(22)39)32(34)43)27(25-14-11-20(16-38)44-25)33(24,31(37)42)18-5-3-2-4-6-18/h2-12,14,22-24,26-27,35,38H,13,15-16H2,1H3,(H2,34,43). The van der Waals surface area contributed by atoms with Crippen LogP contribution in [-0.4, -0.2) is 44.7 Å². The van der Waals surface area contributed by atoms with Crippen LogP contribution in [0.1, 0.15) is 41.4 Å². The first-order chi connectivity index (χ1) is 21.2. The van der Waals surface area contributed by atoms with Gasteiger partial charge < -0.3 is 15.3 Å². The summed E-state index contributed by atoms with van der Waals surface area (Å²) in [7, 11) is 0. The number of amides is 6. The van der Waals surface area contributed by atoms with Crippen molar-refractivity contribution in [3.05, 3.63) is 101 Å². The molecule has 224 valence electrons. The van der Waals surface area contributed by atoms with Crippen LogP contribution in [0, 0.1) is 30.6 Å². The van der Waals surface area contributed by atoms with Crippen LogP contribution >= 0.6 is 0 Å². The van der Waals surface area contributed by atoms with Crippen LogP contribution in [0.3, 0.4) is 0 Å². The van der Waals surface area contributed by atoms with Gasteiger partial charge in [0.2, 0.25) is 11.8 Å². The Kier molecular flexibility index (Phi) is 6.33. The molecule has 0 spiro atoms. The fourth-order valence-electron chi connectivity index (χ4n) is 7.91. The van der Waals surface area contributed by atoms with Crippen LogP contribution in [0.4, 0.5) is 10.5 Å². The van der Waals surface area contributed by atoms with Crippen molar-refractivity contribution in [2.75, 3.05) is 5.43 Å². The molecule has 44 heavy (non-hydrogen) atoms. The summed E-state index contributed by atoms with van der Waals surface area (Å²) in [5, 5.41) is 10.9. The smallest absolute Gasteiger partial charge is 0.328 e. The minimum atomic E-state index is -1.48. The lowest BCUT2D eigenvalue weighted by atomic mass is 9.50. The van der Waals surface area contributed by atoms with Crippen molar-refractivity contribution in [2.45, 2.75) is 37.7 Å². The molecule has 1 saturated carbocycles. The summed E-state index contributed by atoms with van der Waals surface area (Å²) in [5.41, 5.74) is 9.80. The molecule has 0 radical (unpaired) electrons. The number of imide groups is 4. The number of carbonyl (C=O) groups is 5. The van der Waals surface area contributed by atoms with Gasteiger partial charge in [-0.15, -0.1) is 0 Å². The molecule has 11 heteroatoms. The van der Waals surface area contributed by atoms with E-state index in [2.05, 4.69) is 5.43 Å². The van der Waals surface area contributed by atoms with E-state index in [-0.39, 0.29) is 25.2 Å². The fraction of sp³-hybridized carbons (Fsp3) is 0.303. The Balaban J connectivity index is 1.44. The van der Waals surface area contributed by atoms with E-state index in [0.717, 1.165) is 10.6 Å². The van der Waals surface area contributed by atoms with Gasteiger partial charge in [0.1, 0.15) is 23.5 Å². The zero-order chi connectivity index (χ0) is 30.9. The third kappa shape index (κ3) is 3.75. The first-order valence-electron chi connectivity index (χ1n) is 14.5. The minimum Gasteiger partial charge on any atom is -0.463 e. The van der Waals surface area contributed by atoms with Crippen molar-refractivity contribution >= 4 is 35.3 Å². The second-order valence-electron chi connectivity index (χ2n) is 11.9. The molecule has 6 amide bonds. The number of aliphatic hydroxyl groups is 1. The van der Waals surface area contributed by atoms with Gasteiger partial charge in [-0.3, -0.25) is 24.6 Å². The monoisotopic (exact) mass is 594 g/mol. The highest BCUT2D eigenvalue weighted by molar-refractivity contribution is 6.17. The maximum absolute atomic E-state index is 14.9. The molecule has 4 N–H and O–H groups in total. The summed E-state index contributed by atoms with van der Waals surface area (Å²) >= 11 is 0. The number of carbonyl (C=O) groups excluding carboxylic acids is 5. The minimum absolute atomic E-state index is 0.0776. The summed E-state index contributed by atoms with van der Waals surface area (Å²) in [6.45, 7) is 1.55. The Morgan fingerprint density at radius 1 is 0.977 bits per heavy atom. The average Bonchev–Trinajstić information content (AvgIpc) is 3.66. The Hall–Kier alpha value is -5.03. The molecule has 1 aromatic heterocycles. The molecule has 7 rings (SSSR count). The average molecular weight is 595 g/mol. The molecular weight excluding hydrogens is 564 g/mol. The number of aryl methyl sites for hydroxylation is 1. The van der Waals surface area contributed by atoms with E-state index in [1.807, 2.05) is 43.3 Å². The number of hydrogen-bond donors (Lipinski definition) is 3. The molecular formula is C33H30N4O7. The van der Waals surface area contributed by atoms with Gasteiger partial charge in [-0.05, 0) is 55.5 Å². The van der Waals surface area contributed by atoms with Gasteiger partial charge in [0.05, 0.1) is 29.4 Å². The van der Waals surface area contributed by atoms with Gasteiger partial charge in [-0.25, -0.2) is 4.79 Å². The summed E-state index contributed by atoms with van der Waals surface area (Å²) < 4.78 is 6.12. The highest BCUT2D eigenvalue weighted by Crippen LogP contribution is 2.64. The number of fused-ring (bicyclic) bond motifs is 4. The lowest BCUT2D eigenvalue weighted by molar-refractivity contribution is -0.139. The fourth-order valence-corrected chi connectivity index (χ4v) is 7.91. The number of aliphatic hydroxyl groups excluding tert-OH is 1. The predicted octanol–water partition coefficient (Wildman–Crippen LogP) is 3.14. The zero-order valence-electron chi connectivity index (χ0n) is 23.8. The number of rotatable bonds is 5. The van der Waals surface area contributed by atoms with E-state index in [0.29, 0.717) is 27.5 Å². The summed E-state index contributed by atoms with van der Waals surface area (Å²) in [6, 6.07) is 18.5. The molecule has 4 aliphatic rings. The van der Waals surface area contributed by atoms with Crippen molar-refractivity contribution in [1.82, 2.24) is 9.91 Å². The maximum Gasteiger partial charge on any atom is 0.328 e. The number of primary amides is 1. The number of hydrazine groups is 1. The molecule has 6 atom stereocenters. The molecule has 2 aliphatic carbocycles. The van der Waals surface area contributed by atoms with Crippen LogP contribution in [0.25, 0.3) is 0 Å². The topological polar surface area (TPSA) is 163 Å². The van der Waals surface area contributed by atoms with E-state index < -0.39 is 64.7 Å². The summed E-state index contributed by atoms with van der Waals surface area (Å²) in [4.78, 5) is 68.7. The lowest BCUT2D eigenvalue weighted by Gasteiger charge is -2.49. The quantitative estimate of drug-likeness (QED) is 0.300. The lowest BCUT2D eigenvalue weighted by Crippen LogP contribution is -2.53. The van der Waals surface area contributed by atoms with Crippen molar-refractivity contribution in [1.29, 1.82) is 0 Å². The predicted molar refractivity (Wildman–Crippen MR) is 155 cm³/mol. The van der Waals surface area contributed by atoms with Crippen molar-refractivity contribution in [3.8, 4) is 0 Å². The number of furan rings is 1. The highest BCUT2D eigenvalue weighted by Gasteiger charge is 2.71. The highest BCUT2D eigenvalue weighted by atomic mass is 16.4. The number of hydrogen-bond acceptors (Lipinski definition) is 8. The molecule has 3 fully saturated rings. The number of nitrogens with zero attached hydrogens (tertiary/aromatic N) is 2. The van der Waals surface area contributed by atoms with Crippen LogP contribution in [0.5, 0.6) is 0 Å². The number of likely N-dealkylation sites (tertiary alicyclic amines) is 1. The molecule has 3 aromatic rings. The first kappa shape index (κ1) is 27.8. The van der Waals surface area contributed by atoms with E-state index in [1.165, 1.54) is 0 Å². The number of benzene rings is 2. The Morgan fingerprint density at radius 2 is 1.70 bits per heavy atom. The van der Waals surface area contributed by atoms with E-state index in [4.69, 9.17) is 10.2 Å². The largest absolute Gasteiger partial charge is 0.463 e. The summed E-state index contributed by atoms with van der Waals surface area (Å²) in [6.07, 6.45) is 2.08. The number of urea groups is 1. The van der Waals surface area contributed by atoms with Gasteiger partial charge in [0.25, 0.3) is 11.8 Å². The third-order valence-electron chi connectivity index (χ3n) is 9.74. The third-order valence-corrected chi connectivity index (χ3v) is 9.74. The van der Waals surface area contributed by atoms with Gasteiger partial charge >= 0.3 is 6.03 Å². The van der Waals surface area contributed by atoms with Gasteiger partial charge in [0, 0.05) is 0 Å². The van der Waals surface area contributed by atoms with Crippen molar-refractivity contribution in [2.24, 2.45) is 29.4 Å². The van der Waals surface area contributed by atoms with Gasteiger partial charge in [-0.1, -0.05) is 59.7 Å². The van der Waals surface area contributed by atoms with Crippen molar-refractivity contribution in [3.63, 3.8) is 0 Å². The number of nitrogens with one attached hydrogen (secondary N) is 1. The Morgan fingerprint density at radius 3 is 2.36 bits per heavy atom. The van der Waals surface area contributed by atoms with Gasteiger partial charge in [-0.2, -0.15) is 9.91 Å². The molecule has 2 aromatic carbocycles. The van der Waals surface area contributed by atoms with Crippen LogP contribution in [-0.2, 0) is 31.2 Å². The molecule has 2 aliphatic heterocycles. The van der Waals surface area contributed by atoms with E-state index in [9.17, 15) is 29.1 Å².